The van der Waals surface area contributed by atoms with E-state index in [9.17, 15) is 18.0 Å². The molecule has 1 amide bonds. The van der Waals surface area contributed by atoms with E-state index in [1.165, 1.54) is 13.8 Å². The summed E-state index contributed by atoms with van der Waals surface area (Å²) in [5, 5.41) is 10.3. The van der Waals surface area contributed by atoms with E-state index >= 15 is 0 Å². The van der Waals surface area contributed by atoms with Crippen LogP contribution in [0.2, 0.25) is 0 Å². The Morgan fingerprint density at radius 3 is 2.43 bits per heavy atom. The van der Waals surface area contributed by atoms with E-state index in [-0.39, 0.29) is 12.2 Å². The van der Waals surface area contributed by atoms with E-state index in [4.69, 9.17) is 0 Å². The molecule has 2 rings (SSSR count). The molecule has 6 nitrogen and oxygen atoms in total. The Labute approximate surface area is 131 Å². The monoisotopic (exact) mass is 329 g/mol. The third-order valence-corrected chi connectivity index (χ3v) is 3.50. The van der Waals surface area contributed by atoms with Crippen LogP contribution in [0.3, 0.4) is 0 Å². The van der Waals surface area contributed by atoms with Gasteiger partial charge in [-0.15, -0.1) is 0 Å². The minimum absolute atomic E-state index is 0.243. The van der Waals surface area contributed by atoms with Crippen LogP contribution in [-0.2, 0) is 24.6 Å². The topological polar surface area (TPSA) is 64.7 Å². The molecule has 0 fully saturated rings. The molecule has 0 aliphatic rings. The van der Waals surface area contributed by atoms with Crippen molar-refractivity contribution in [2.24, 2.45) is 7.05 Å². The number of aryl methyl sites for hydroxylation is 3. The number of carbonyl (C=O) groups is 1. The van der Waals surface area contributed by atoms with Crippen molar-refractivity contribution >= 4 is 5.91 Å². The van der Waals surface area contributed by atoms with Crippen molar-refractivity contribution in [3.8, 4) is 0 Å². The number of carbonyl (C=O) groups excluding carboxylic acids is 1. The van der Waals surface area contributed by atoms with E-state index in [0.717, 1.165) is 22.1 Å². The summed E-state index contributed by atoms with van der Waals surface area (Å²) in [4.78, 5) is 12.2. The lowest BCUT2D eigenvalue weighted by molar-refractivity contribution is -0.142. The zero-order chi connectivity index (χ0) is 17.4. The van der Waals surface area contributed by atoms with Crippen molar-refractivity contribution in [1.29, 1.82) is 0 Å². The molecule has 0 bridgehead atoms. The first kappa shape index (κ1) is 17.0. The molecule has 2 aromatic rings. The Bertz CT molecular complexity index is 717. The minimum Gasteiger partial charge on any atom is -0.349 e. The normalized spacial score (nSPS) is 13.2. The van der Waals surface area contributed by atoms with Crippen LogP contribution in [0.5, 0.6) is 0 Å². The number of hydrogen-bond acceptors (Lipinski definition) is 3. The maximum absolute atomic E-state index is 12.7. The molecule has 0 saturated carbocycles. The van der Waals surface area contributed by atoms with Crippen LogP contribution in [0.1, 0.15) is 35.7 Å². The van der Waals surface area contributed by atoms with Crippen molar-refractivity contribution in [3.05, 3.63) is 34.9 Å². The molecular formula is C14H18F3N5O. The number of hydrogen-bond donors (Lipinski definition) is 1. The van der Waals surface area contributed by atoms with E-state index in [0.29, 0.717) is 0 Å². The van der Waals surface area contributed by atoms with Gasteiger partial charge in [0.15, 0.2) is 5.69 Å². The van der Waals surface area contributed by atoms with Crippen molar-refractivity contribution < 1.29 is 18.0 Å². The quantitative estimate of drug-likeness (QED) is 0.934. The van der Waals surface area contributed by atoms with Gasteiger partial charge in [-0.1, -0.05) is 0 Å². The summed E-state index contributed by atoms with van der Waals surface area (Å²) in [5.74, 6) is -0.413. The maximum Gasteiger partial charge on any atom is 0.435 e. The zero-order valence-electron chi connectivity index (χ0n) is 13.3. The summed E-state index contributed by atoms with van der Waals surface area (Å²) < 4.78 is 40.7. The Morgan fingerprint density at radius 2 is 1.96 bits per heavy atom. The highest BCUT2D eigenvalue weighted by molar-refractivity contribution is 5.79. The van der Waals surface area contributed by atoms with Gasteiger partial charge in [0.1, 0.15) is 6.04 Å². The third kappa shape index (κ3) is 3.72. The van der Waals surface area contributed by atoms with Gasteiger partial charge in [-0.3, -0.25) is 14.2 Å². The van der Waals surface area contributed by atoms with Gasteiger partial charge < -0.3 is 5.32 Å². The standard InChI is InChI=1S/C14H18F3N5O/c1-8-5-11(21(4)19-8)7-18-13(23)10(3)22-9(2)6-12(20-22)14(15,16)17/h5-6,10H,7H2,1-4H3,(H,18,23). The molecule has 1 N–H and O–H groups in total. The lowest BCUT2D eigenvalue weighted by Gasteiger charge is -2.14. The predicted molar refractivity (Wildman–Crippen MR) is 76.5 cm³/mol. The molecule has 0 aromatic carbocycles. The summed E-state index contributed by atoms with van der Waals surface area (Å²) in [6.45, 7) is 5.06. The fraction of sp³-hybridized carbons (Fsp3) is 0.500. The van der Waals surface area contributed by atoms with Crippen LogP contribution in [0, 0.1) is 13.8 Å². The molecule has 0 spiro atoms. The highest BCUT2D eigenvalue weighted by Crippen LogP contribution is 2.29. The Balaban J connectivity index is 2.08. The van der Waals surface area contributed by atoms with E-state index in [2.05, 4.69) is 15.5 Å². The molecule has 0 aliphatic heterocycles. The SMILES string of the molecule is Cc1cc(CNC(=O)C(C)n2nc(C(F)(F)F)cc2C)n(C)n1. The van der Waals surface area contributed by atoms with Crippen molar-refractivity contribution in [3.63, 3.8) is 0 Å². The van der Waals surface area contributed by atoms with Gasteiger partial charge >= 0.3 is 6.18 Å². The predicted octanol–water partition coefficient (Wildman–Crippen LogP) is 2.13. The van der Waals surface area contributed by atoms with Gasteiger partial charge in [0.05, 0.1) is 17.9 Å². The average Bonchev–Trinajstić information content (AvgIpc) is 2.97. The molecule has 126 valence electrons. The molecule has 1 atom stereocenters. The van der Waals surface area contributed by atoms with Crippen LogP contribution in [0.15, 0.2) is 12.1 Å². The second-order valence-corrected chi connectivity index (χ2v) is 5.41. The van der Waals surface area contributed by atoms with Crippen LogP contribution in [-0.4, -0.2) is 25.5 Å². The summed E-state index contributed by atoms with van der Waals surface area (Å²) >= 11 is 0. The Morgan fingerprint density at radius 1 is 1.30 bits per heavy atom. The molecular weight excluding hydrogens is 311 g/mol. The van der Waals surface area contributed by atoms with Crippen molar-refractivity contribution in [1.82, 2.24) is 24.9 Å². The van der Waals surface area contributed by atoms with Gasteiger partial charge in [-0.25, -0.2) is 0 Å². The first-order valence-corrected chi connectivity index (χ1v) is 7.00. The summed E-state index contributed by atoms with van der Waals surface area (Å²) in [6.07, 6.45) is -4.53. The third-order valence-electron chi connectivity index (χ3n) is 3.50. The first-order valence-electron chi connectivity index (χ1n) is 7.00. The van der Waals surface area contributed by atoms with Crippen molar-refractivity contribution in [2.75, 3.05) is 0 Å². The van der Waals surface area contributed by atoms with Crippen LogP contribution in [0.4, 0.5) is 13.2 Å². The lowest BCUT2D eigenvalue weighted by Crippen LogP contribution is -2.32. The number of nitrogens with zero attached hydrogens (tertiary/aromatic N) is 4. The number of aromatic nitrogens is 4. The van der Waals surface area contributed by atoms with Gasteiger partial charge in [-0.05, 0) is 32.9 Å². The highest BCUT2D eigenvalue weighted by Gasteiger charge is 2.35. The number of halogens is 3. The van der Waals surface area contributed by atoms with E-state index in [1.807, 2.05) is 13.0 Å². The van der Waals surface area contributed by atoms with Gasteiger partial charge in [0.2, 0.25) is 5.91 Å². The van der Waals surface area contributed by atoms with E-state index < -0.39 is 23.8 Å². The van der Waals surface area contributed by atoms with Crippen LogP contribution >= 0.6 is 0 Å². The maximum atomic E-state index is 12.7. The first-order chi connectivity index (χ1) is 10.6. The van der Waals surface area contributed by atoms with Crippen molar-refractivity contribution in [2.45, 2.75) is 39.5 Å². The van der Waals surface area contributed by atoms with Crippen LogP contribution < -0.4 is 5.32 Å². The summed E-state index contributed by atoms with van der Waals surface area (Å²) in [7, 11) is 1.76. The molecule has 23 heavy (non-hydrogen) atoms. The Hall–Kier alpha value is -2.32. The molecule has 9 heteroatoms. The smallest absolute Gasteiger partial charge is 0.349 e. The number of alkyl halides is 3. The van der Waals surface area contributed by atoms with E-state index in [1.54, 1.807) is 11.7 Å². The largest absolute Gasteiger partial charge is 0.435 e. The Kier molecular flexibility index (Phi) is 4.49. The second kappa shape index (κ2) is 6.05. The molecule has 1 unspecified atom stereocenters. The fourth-order valence-corrected chi connectivity index (χ4v) is 2.28. The van der Waals surface area contributed by atoms with Gasteiger partial charge in [0.25, 0.3) is 0 Å². The second-order valence-electron chi connectivity index (χ2n) is 5.41. The molecule has 2 heterocycles. The fourth-order valence-electron chi connectivity index (χ4n) is 2.28. The number of amides is 1. The summed E-state index contributed by atoms with van der Waals surface area (Å²) in [6, 6.07) is 1.90. The molecule has 2 aromatic heterocycles. The average molecular weight is 329 g/mol. The zero-order valence-corrected chi connectivity index (χ0v) is 13.3. The lowest BCUT2D eigenvalue weighted by atomic mass is 10.3. The number of rotatable bonds is 4. The molecule has 0 saturated heterocycles. The summed E-state index contributed by atoms with van der Waals surface area (Å²) in [5.41, 5.74) is 0.895. The number of nitrogens with one attached hydrogen (secondary N) is 1. The molecule has 0 radical (unpaired) electrons. The van der Waals surface area contributed by atoms with Crippen LogP contribution in [0.25, 0.3) is 0 Å². The minimum atomic E-state index is -4.53. The van der Waals surface area contributed by atoms with Gasteiger partial charge in [0, 0.05) is 12.7 Å². The highest BCUT2D eigenvalue weighted by atomic mass is 19.4. The molecule has 0 aliphatic carbocycles. The van der Waals surface area contributed by atoms with Gasteiger partial charge in [-0.2, -0.15) is 23.4 Å².